The largest absolute Gasteiger partial charge is 0.464 e. The van der Waals surface area contributed by atoms with Crippen LogP contribution in [0, 0.1) is 46.8 Å². The number of halogens is 4. The van der Waals surface area contributed by atoms with Crippen LogP contribution >= 0.6 is 46.7 Å². The van der Waals surface area contributed by atoms with Crippen LogP contribution in [0.1, 0.15) is 103 Å². The van der Waals surface area contributed by atoms with Crippen LogP contribution in [0.4, 0.5) is 0 Å². The lowest BCUT2D eigenvalue weighted by Gasteiger charge is -2.35. The molecule has 0 radical (unpaired) electrons. The molecule has 0 heterocycles. The Balaban J connectivity index is 1.57. The molecule has 0 aliphatic heterocycles. The summed E-state index contributed by atoms with van der Waals surface area (Å²) < 4.78 is 33.8. The number of ether oxygens (including phenoxy) is 5. The van der Waals surface area contributed by atoms with Crippen LogP contribution < -0.4 is 0 Å². The molecule has 0 bridgehead atoms. The first-order valence-electron chi connectivity index (χ1n) is 19.0. The minimum absolute atomic E-state index is 0.269. The monoisotopic (exact) mass is 842 g/mol. The van der Waals surface area contributed by atoms with E-state index in [1.807, 2.05) is 0 Å². The smallest absolute Gasteiger partial charge is 0.328 e. The summed E-state index contributed by atoms with van der Waals surface area (Å²) >= 11 is 22.8. The highest BCUT2D eigenvalue weighted by Gasteiger charge is 2.44. The summed E-state index contributed by atoms with van der Waals surface area (Å²) in [6, 6.07) is 0. The Kier molecular flexibility index (Phi) is 18.2. The number of hydrogen-bond donors (Lipinski definition) is 0. The summed E-state index contributed by atoms with van der Waals surface area (Å²) in [5, 5.41) is -1.71. The van der Waals surface area contributed by atoms with E-state index in [9.17, 15) is 33.6 Å². The van der Waals surface area contributed by atoms with Gasteiger partial charge in [0.2, 0.25) is 15.7 Å². The molecule has 4 aliphatic carbocycles. The Morgan fingerprint density at radius 1 is 0.481 bits per heavy atom. The molecule has 4 rings (SSSR count). The van der Waals surface area contributed by atoms with Crippen LogP contribution in [0.15, 0.2) is 0 Å². The van der Waals surface area contributed by atoms with Crippen LogP contribution in [-0.4, -0.2) is 78.9 Å². The van der Waals surface area contributed by atoms with E-state index in [1.165, 1.54) is 0 Å². The number of hydrogen-bond acceptors (Lipinski definition) is 13. The molecule has 54 heavy (non-hydrogen) atoms. The van der Waals surface area contributed by atoms with Gasteiger partial charge in [-0.2, -0.15) is 0 Å². The molecule has 13 nitrogen and oxygen atoms in total. The molecule has 0 aromatic carbocycles. The molecule has 17 heteroatoms. The number of carbonyl (C=O) groups is 7. The van der Waals surface area contributed by atoms with Gasteiger partial charge in [0.15, 0.2) is 0 Å². The highest BCUT2D eigenvalue weighted by molar-refractivity contribution is 6.64. The zero-order valence-corrected chi connectivity index (χ0v) is 33.3. The second-order valence-electron chi connectivity index (χ2n) is 15.2. The summed E-state index contributed by atoms with van der Waals surface area (Å²) in [6.07, 6.45) is 8.68. The van der Waals surface area contributed by atoms with Gasteiger partial charge in [-0.1, -0.05) is 44.9 Å². The van der Waals surface area contributed by atoms with Crippen LogP contribution in [0.2, 0.25) is 0 Å². The van der Waals surface area contributed by atoms with Gasteiger partial charge in [0, 0.05) is 17.8 Å². The van der Waals surface area contributed by atoms with Crippen molar-refractivity contribution in [1.82, 2.24) is 0 Å². The van der Waals surface area contributed by atoms with Gasteiger partial charge >= 0.3 is 23.9 Å². The second-order valence-corrected chi connectivity index (χ2v) is 16.5. The molecule has 8 unspecified atom stereocenters. The molecule has 4 saturated carbocycles. The maximum atomic E-state index is 13.6. The molecule has 0 amide bonds. The predicted molar refractivity (Wildman–Crippen MR) is 194 cm³/mol. The van der Waals surface area contributed by atoms with E-state index in [0.717, 1.165) is 19.3 Å². The van der Waals surface area contributed by atoms with Gasteiger partial charge in [-0.3, -0.25) is 33.6 Å². The maximum Gasteiger partial charge on any atom is 0.328 e. The van der Waals surface area contributed by atoms with Gasteiger partial charge in [-0.25, -0.2) is 0 Å². The van der Waals surface area contributed by atoms with Crippen molar-refractivity contribution in [3.63, 3.8) is 0 Å². The fraction of sp³-hybridized carbons (Fsp3) is 0.811. The van der Waals surface area contributed by atoms with Gasteiger partial charge < -0.3 is 28.0 Å². The van der Waals surface area contributed by atoms with Crippen molar-refractivity contribution in [2.75, 3.05) is 33.2 Å². The second kappa shape index (κ2) is 22.1. The summed E-state index contributed by atoms with van der Waals surface area (Å²) in [5.41, 5.74) is -1.52. The molecule has 0 spiro atoms. The van der Waals surface area contributed by atoms with Crippen molar-refractivity contribution in [2.24, 2.45) is 46.8 Å². The third-order valence-electron chi connectivity index (χ3n) is 11.5. The summed E-state index contributed by atoms with van der Waals surface area (Å²) in [4.78, 5) is 89.4. The zero-order valence-electron chi connectivity index (χ0n) is 30.3. The lowest BCUT2D eigenvalue weighted by Crippen LogP contribution is -2.46. The van der Waals surface area contributed by atoms with E-state index in [-0.39, 0.29) is 25.4 Å². The van der Waals surface area contributed by atoms with Crippen LogP contribution in [-0.2, 0) is 61.5 Å². The molecule has 0 saturated heterocycles. The highest BCUT2D eigenvalue weighted by atomic mass is 35.5. The summed E-state index contributed by atoms with van der Waals surface area (Å²) in [7, 11) is 0. The molecular weight excluding hydrogens is 794 g/mol. The van der Waals surface area contributed by atoms with Gasteiger partial charge in [0.1, 0.15) is 38.5 Å². The van der Waals surface area contributed by atoms with Crippen molar-refractivity contribution in [1.29, 1.82) is 0 Å². The van der Waals surface area contributed by atoms with E-state index in [0.29, 0.717) is 83.5 Å². The van der Waals surface area contributed by atoms with Gasteiger partial charge in [0.25, 0.3) is 0 Å². The van der Waals surface area contributed by atoms with Crippen LogP contribution in [0.25, 0.3) is 0 Å². The van der Waals surface area contributed by atoms with Gasteiger partial charge in [-0.15, -0.1) is 0 Å². The Bertz CT molecular complexity index is 1290. The van der Waals surface area contributed by atoms with E-state index in [1.54, 1.807) is 0 Å². The van der Waals surface area contributed by atoms with E-state index in [4.69, 9.17) is 70.4 Å². The standard InChI is InChI=1S/C37H50Cl4O13/c38-30(42)22-8-7-9-23(16-22)53-21-49-17-37(18-50-33(45)26-12-3-1-10-24(26)31(39)43,19-51-34(46)27-13-4-2-11-25(27)32(40)44)20-52-35(47)28-14-5-6-15-29(28)36(48)54-41/h22-29H,1-21H2. The average Bonchev–Trinajstić information content (AvgIpc) is 3.19. The van der Waals surface area contributed by atoms with E-state index < -0.39 is 100 Å². The van der Waals surface area contributed by atoms with Gasteiger partial charge in [-0.05, 0) is 92.6 Å². The molecule has 4 fully saturated rings. The summed E-state index contributed by atoms with van der Waals surface area (Å²) in [5.74, 6) is -7.96. The number of esters is 3. The fourth-order valence-corrected chi connectivity index (χ4v) is 9.11. The molecular formula is C37H50Cl4O13. The summed E-state index contributed by atoms with van der Waals surface area (Å²) in [6.45, 7) is -2.01. The Hall–Kier alpha value is -2.03. The Morgan fingerprint density at radius 2 is 0.889 bits per heavy atom. The molecule has 304 valence electrons. The minimum atomic E-state index is -1.52. The molecule has 0 aromatic heterocycles. The maximum absolute atomic E-state index is 13.6. The van der Waals surface area contributed by atoms with Crippen molar-refractivity contribution in [2.45, 2.75) is 109 Å². The molecule has 4 aliphatic rings. The first kappa shape index (κ1) is 44.7. The van der Waals surface area contributed by atoms with Gasteiger partial charge in [0.05, 0.1) is 41.8 Å². The fourth-order valence-electron chi connectivity index (χ4n) is 8.27. The lowest BCUT2D eigenvalue weighted by molar-refractivity contribution is -0.184. The SMILES string of the molecule is O=C(Cl)C1CCCC(OCOCC(COC(=O)C2CCCCC2C(=O)Cl)(COC(=O)C2CCCCC2C(=O)Cl)COC(=O)C2CCCCC2C(=O)OCl)C1. The minimum Gasteiger partial charge on any atom is -0.464 e. The Labute approximate surface area is 335 Å². The van der Waals surface area contributed by atoms with E-state index in [2.05, 4.69) is 4.29 Å². The molecule has 8 atom stereocenters. The quantitative estimate of drug-likeness (QED) is 0.0477. The first-order chi connectivity index (χ1) is 25.9. The van der Waals surface area contributed by atoms with Crippen molar-refractivity contribution >= 4 is 86.3 Å². The van der Waals surface area contributed by atoms with Crippen LogP contribution in [0.5, 0.6) is 0 Å². The lowest BCUT2D eigenvalue weighted by atomic mass is 9.79. The first-order valence-corrected chi connectivity index (χ1v) is 20.4. The zero-order chi connectivity index (χ0) is 39.3. The highest BCUT2D eigenvalue weighted by Crippen LogP contribution is 2.37. The normalized spacial score (nSPS) is 29.9. The third kappa shape index (κ3) is 12.7. The van der Waals surface area contributed by atoms with E-state index >= 15 is 0 Å². The Morgan fingerprint density at radius 3 is 1.30 bits per heavy atom. The van der Waals surface area contributed by atoms with Crippen molar-refractivity contribution in [3.8, 4) is 0 Å². The number of rotatable bonds is 18. The third-order valence-corrected chi connectivity index (χ3v) is 12.5. The van der Waals surface area contributed by atoms with Crippen molar-refractivity contribution < 1.29 is 61.5 Å². The topological polar surface area (TPSA) is 175 Å². The number of carbonyl (C=O) groups excluding carboxylic acids is 7. The average molecular weight is 845 g/mol. The van der Waals surface area contributed by atoms with Crippen LogP contribution in [0.3, 0.4) is 0 Å². The molecule has 0 aromatic rings. The van der Waals surface area contributed by atoms with Crippen molar-refractivity contribution in [3.05, 3.63) is 0 Å². The predicted octanol–water partition coefficient (Wildman–Crippen LogP) is 6.56. The molecule has 0 N–H and O–H groups in total.